The van der Waals surface area contributed by atoms with Crippen molar-refractivity contribution in [3.63, 3.8) is 0 Å². The first-order valence-corrected chi connectivity index (χ1v) is 6.32. The van der Waals surface area contributed by atoms with Crippen LogP contribution in [0.15, 0.2) is 18.9 Å². The van der Waals surface area contributed by atoms with E-state index in [2.05, 4.69) is 20.1 Å². The molecule has 6 N–H and O–H groups in total. The summed E-state index contributed by atoms with van der Waals surface area (Å²) in [7, 11) is 0. The molecule has 3 rings (SSSR count). The largest absolute Gasteiger partial charge is 0.394 e. The second kappa shape index (κ2) is 5.23. The van der Waals surface area contributed by atoms with Crippen molar-refractivity contribution in [2.24, 2.45) is 0 Å². The summed E-state index contributed by atoms with van der Waals surface area (Å²) in [6.07, 6.45) is -0.566. The van der Waals surface area contributed by atoms with Crippen molar-refractivity contribution in [3.8, 4) is 5.95 Å². The monoisotopic (exact) mass is 310 g/mol. The number of anilines is 1. The Kier molecular flexibility index (Phi) is 3.50. The molecule has 0 radical (unpaired) electrons. The van der Waals surface area contributed by atoms with Crippen LogP contribution >= 0.6 is 0 Å². The van der Waals surface area contributed by atoms with Crippen molar-refractivity contribution in [2.75, 3.05) is 12.3 Å². The molecule has 0 bridgehead atoms. The average molecular weight is 310 g/mol. The van der Waals surface area contributed by atoms with Crippen LogP contribution in [0.5, 0.6) is 0 Å². The number of nitrogen functional groups attached to an aromatic ring is 1. The van der Waals surface area contributed by atoms with Gasteiger partial charge < -0.3 is 30.9 Å². The predicted octanol–water partition coefficient (Wildman–Crippen LogP) is -3.10. The van der Waals surface area contributed by atoms with E-state index in [1.165, 1.54) is 17.3 Å². The quantitative estimate of drug-likeness (QED) is 0.390. The Morgan fingerprint density at radius 3 is 2.73 bits per heavy atom. The fraction of sp³-hybridized carbons (Fsp3) is 0.455. The number of nitrogens with two attached hydrogens (primary N) is 1. The normalized spacial score (nSPS) is 31.5. The molecule has 118 valence electrons. The number of aliphatic hydroxyl groups is 4. The lowest BCUT2D eigenvalue weighted by Gasteiger charge is -2.26. The zero-order valence-corrected chi connectivity index (χ0v) is 11.2. The summed E-state index contributed by atoms with van der Waals surface area (Å²) in [6, 6.07) is 0. The topological polar surface area (TPSA) is 173 Å². The molecule has 2 aromatic heterocycles. The molecule has 0 spiro atoms. The molecule has 2 aromatic rings. The van der Waals surface area contributed by atoms with E-state index in [1.807, 2.05) is 0 Å². The van der Waals surface area contributed by atoms with Gasteiger partial charge in [0, 0.05) is 6.20 Å². The Hall–Kier alpha value is -2.18. The van der Waals surface area contributed by atoms with Gasteiger partial charge in [-0.1, -0.05) is 0 Å². The van der Waals surface area contributed by atoms with Crippen molar-refractivity contribution in [1.82, 2.24) is 24.7 Å². The molecule has 22 heavy (non-hydrogen) atoms. The lowest BCUT2D eigenvalue weighted by atomic mass is 9.99. The number of aliphatic hydroxyl groups excluding tert-OH is 3. The second-order valence-electron chi connectivity index (χ2n) is 4.78. The zero-order chi connectivity index (χ0) is 15.9. The Morgan fingerprint density at radius 1 is 1.41 bits per heavy atom. The second-order valence-corrected chi connectivity index (χ2v) is 4.78. The summed E-state index contributed by atoms with van der Waals surface area (Å²) < 4.78 is 6.38. The smallest absolute Gasteiger partial charge is 0.253 e. The van der Waals surface area contributed by atoms with E-state index in [4.69, 9.17) is 15.6 Å². The number of hydrogen-bond donors (Lipinski definition) is 5. The highest BCUT2D eigenvalue weighted by Crippen LogP contribution is 2.39. The third-order valence-corrected chi connectivity index (χ3v) is 3.43. The first-order valence-electron chi connectivity index (χ1n) is 6.32. The number of ether oxygens (including phenoxy) is 1. The predicted molar refractivity (Wildman–Crippen MR) is 69.2 cm³/mol. The van der Waals surface area contributed by atoms with Gasteiger partial charge in [0.25, 0.3) is 5.95 Å². The van der Waals surface area contributed by atoms with Crippen LogP contribution in [-0.2, 0) is 10.5 Å². The Balaban J connectivity index is 1.98. The minimum Gasteiger partial charge on any atom is -0.394 e. The van der Waals surface area contributed by atoms with Crippen molar-refractivity contribution >= 4 is 5.82 Å². The summed E-state index contributed by atoms with van der Waals surface area (Å²) in [5, 5.41) is 43.1. The first kappa shape index (κ1) is 14.7. The van der Waals surface area contributed by atoms with Gasteiger partial charge in [0.15, 0.2) is 0 Å². The van der Waals surface area contributed by atoms with Crippen LogP contribution in [0.1, 0.15) is 5.56 Å². The molecule has 0 saturated carbocycles. The van der Waals surface area contributed by atoms with Crippen LogP contribution in [0, 0.1) is 0 Å². The molecular weight excluding hydrogens is 296 g/mol. The molecule has 1 aliphatic heterocycles. The molecule has 4 atom stereocenters. The van der Waals surface area contributed by atoms with Gasteiger partial charge in [-0.15, -0.1) is 0 Å². The molecule has 1 aliphatic rings. The van der Waals surface area contributed by atoms with Crippen LogP contribution in [0.2, 0.25) is 0 Å². The minimum atomic E-state index is -2.32. The molecule has 0 aliphatic carbocycles. The summed E-state index contributed by atoms with van der Waals surface area (Å²) in [5.41, 5.74) is 5.65. The third kappa shape index (κ3) is 2.12. The molecule has 11 heteroatoms. The molecule has 1 fully saturated rings. The number of hydrogen-bond acceptors (Lipinski definition) is 10. The van der Waals surface area contributed by atoms with E-state index in [0.717, 1.165) is 6.20 Å². The van der Waals surface area contributed by atoms with E-state index < -0.39 is 30.7 Å². The van der Waals surface area contributed by atoms with E-state index in [9.17, 15) is 15.3 Å². The van der Waals surface area contributed by atoms with Gasteiger partial charge in [-0.3, -0.25) is 0 Å². The van der Waals surface area contributed by atoms with Gasteiger partial charge in [-0.05, 0) is 0 Å². The van der Waals surface area contributed by atoms with Gasteiger partial charge in [0.1, 0.15) is 36.8 Å². The van der Waals surface area contributed by atoms with Crippen molar-refractivity contribution in [3.05, 3.63) is 24.4 Å². The van der Waals surface area contributed by atoms with Gasteiger partial charge >= 0.3 is 0 Å². The lowest BCUT2D eigenvalue weighted by molar-refractivity contribution is -0.239. The Morgan fingerprint density at radius 2 is 2.18 bits per heavy atom. The lowest BCUT2D eigenvalue weighted by Crippen LogP contribution is -2.41. The minimum absolute atomic E-state index is 0.106. The molecule has 11 nitrogen and oxygen atoms in total. The molecule has 0 aromatic carbocycles. The van der Waals surface area contributed by atoms with Crippen LogP contribution in [0.3, 0.4) is 0 Å². The van der Waals surface area contributed by atoms with Gasteiger partial charge in [-0.25, -0.2) is 9.97 Å². The van der Waals surface area contributed by atoms with Crippen LogP contribution in [0.4, 0.5) is 5.82 Å². The first-order chi connectivity index (χ1) is 10.5. The van der Waals surface area contributed by atoms with Crippen molar-refractivity contribution in [2.45, 2.75) is 24.1 Å². The molecule has 3 heterocycles. The number of nitrogens with zero attached hydrogens (tertiary/aromatic N) is 5. The van der Waals surface area contributed by atoms with Crippen LogP contribution in [-0.4, -0.2) is 70.1 Å². The Labute approximate surface area is 123 Å². The highest BCUT2D eigenvalue weighted by molar-refractivity contribution is 5.44. The number of aromatic nitrogens is 5. The van der Waals surface area contributed by atoms with Gasteiger partial charge in [-0.2, -0.15) is 14.8 Å². The Bertz CT molecular complexity index is 667. The number of rotatable bonds is 3. The van der Waals surface area contributed by atoms with E-state index in [-0.39, 0.29) is 17.3 Å². The van der Waals surface area contributed by atoms with Crippen LogP contribution in [0.25, 0.3) is 5.95 Å². The summed E-state index contributed by atoms with van der Waals surface area (Å²) in [6.45, 7) is -0.585. The van der Waals surface area contributed by atoms with E-state index >= 15 is 0 Å². The fourth-order valence-corrected chi connectivity index (χ4v) is 2.26. The molecular formula is C11H14N6O5. The average Bonchev–Trinajstić information content (AvgIpc) is 3.11. The van der Waals surface area contributed by atoms with E-state index in [0.29, 0.717) is 0 Å². The highest BCUT2D eigenvalue weighted by atomic mass is 16.7. The summed E-state index contributed by atoms with van der Waals surface area (Å²) in [5.74, 6) is -2.39. The fourth-order valence-electron chi connectivity index (χ4n) is 2.26. The molecule has 1 saturated heterocycles. The van der Waals surface area contributed by atoms with Gasteiger partial charge in [0.05, 0.1) is 12.2 Å². The third-order valence-electron chi connectivity index (χ3n) is 3.43. The van der Waals surface area contributed by atoms with Crippen LogP contribution < -0.4 is 5.73 Å². The van der Waals surface area contributed by atoms with Crippen molar-refractivity contribution in [1.29, 1.82) is 0 Å². The standard InChI is InChI=1S/C11H14N6O5/c12-9-5(1-14-10(16-9)17-4-13-3-15-17)11(21)8(20)7(19)6(2-18)22-11/h1,3-4,6-8,18-21H,2H2,(H2,12,14,16)/t6-,7-,8-,11-/m1/s1. The summed E-state index contributed by atoms with van der Waals surface area (Å²) in [4.78, 5) is 11.6. The van der Waals surface area contributed by atoms with Crippen molar-refractivity contribution < 1.29 is 25.2 Å². The molecule has 0 unspecified atom stereocenters. The highest BCUT2D eigenvalue weighted by Gasteiger charge is 2.55. The van der Waals surface area contributed by atoms with E-state index in [1.54, 1.807) is 0 Å². The maximum Gasteiger partial charge on any atom is 0.253 e. The summed E-state index contributed by atoms with van der Waals surface area (Å²) >= 11 is 0. The molecule has 0 amide bonds. The maximum atomic E-state index is 10.5. The zero-order valence-electron chi connectivity index (χ0n) is 11.2. The maximum absolute atomic E-state index is 10.5. The van der Waals surface area contributed by atoms with Gasteiger partial charge in [0.2, 0.25) is 5.79 Å². The SMILES string of the molecule is Nc1nc(-n2cncn2)ncc1[C@@]1(O)O[C@H](CO)[C@@H](O)[C@H]1O.